The molecule has 5 heteroatoms. The Bertz CT molecular complexity index is 392. The SMILES string of the molecule is CN(CCCC(C)(N)C(N)=O)CCc1ccncc1. The summed E-state index contributed by atoms with van der Waals surface area (Å²) in [5.74, 6) is -0.438. The lowest BCUT2D eigenvalue weighted by molar-refractivity contribution is -0.122. The third-order valence-electron chi connectivity index (χ3n) is 3.33. The number of amides is 1. The number of aromatic nitrogens is 1. The molecule has 0 aliphatic carbocycles. The zero-order valence-electron chi connectivity index (χ0n) is 11.8. The van der Waals surface area contributed by atoms with Crippen LogP contribution in [0.15, 0.2) is 24.5 Å². The first kappa shape index (κ1) is 15.6. The van der Waals surface area contributed by atoms with Crippen LogP contribution in [0.2, 0.25) is 0 Å². The number of nitrogens with two attached hydrogens (primary N) is 2. The highest BCUT2D eigenvalue weighted by molar-refractivity contribution is 5.83. The van der Waals surface area contributed by atoms with Crippen molar-refractivity contribution in [1.82, 2.24) is 9.88 Å². The molecule has 1 rings (SSSR count). The van der Waals surface area contributed by atoms with E-state index in [1.54, 1.807) is 6.92 Å². The van der Waals surface area contributed by atoms with Gasteiger partial charge in [-0.1, -0.05) is 0 Å². The summed E-state index contributed by atoms with van der Waals surface area (Å²) in [5, 5.41) is 0. The molecule has 19 heavy (non-hydrogen) atoms. The molecule has 1 aromatic heterocycles. The Hall–Kier alpha value is -1.46. The Morgan fingerprint density at radius 3 is 2.58 bits per heavy atom. The van der Waals surface area contributed by atoms with E-state index in [9.17, 15) is 4.79 Å². The summed E-state index contributed by atoms with van der Waals surface area (Å²) in [6.07, 6.45) is 6.09. The van der Waals surface area contributed by atoms with Crippen molar-refractivity contribution in [1.29, 1.82) is 0 Å². The van der Waals surface area contributed by atoms with Gasteiger partial charge in [-0.2, -0.15) is 0 Å². The van der Waals surface area contributed by atoms with Crippen LogP contribution in [0.25, 0.3) is 0 Å². The molecule has 1 unspecified atom stereocenters. The predicted molar refractivity (Wildman–Crippen MR) is 76.5 cm³/mol. The van der Waals surface area contributed by atoms with Crippen molar-refractivity contribution < 1.29 is 4.79 Å². The molecule has 0 aliphatic rings. The average Bonchev–Trinajstić information content (AvgIpc) is 2.37. The van der Waals surface area contributed by atoms with Crippen LogP contribution in [0.5, 0.6) is 0 Å². The van der Waals surface area contributed by atoms with Gasteiger partial charge in [-0.25, -0.2) is 0 Å². The molecule has 0 fully saturated rings. The van der Waals surface area contributed by atoms with Crippen LogP contribution in [-0.2, 0) is 11.2 Å². The lowest BCUT2D eigenvalue weighted by Gasteiger charge is -2.22. The summed E-state index contributed by atoms with van der Waals surface area (Å²) in [6.45, 7) is 3.57. The van der Waals surface area contributed by atoms with Crippen LogP contribution >= 0.6 is 0 Å². The second kappa shape index (κ2) is 7.21. The molecule has 0 saturated heterocycles. The largest absolute Gasteiger partial charge is 0.368 e. The van der Waals surface area contributed by atoms with Gasteiger partial charge in [0, 0.05) is 18.9 Å². The van der Waals surface area contributed by atoms with Crippen LogP contribution in [0.1, 0.15) is 25.3 Å². The van der Waals surface area contributed by atoms with Gasteiger partial charge in [0.15, 0.2) is 0 Å². The second-order valence-electron chi connectivity index (χ2n) is 5.29. The molecular weight excluding hydrogens is 240 g/mol. The summed E-state index contributed by atoms with van der Waals surface area (Å²) in [4.78, 5) is 17.3. The zero-order chi connectivity index (χ0) is 14.3. The number of carbonyl (C=O) groups is 1. The summed E-state index contributed by atoms with van der Waals surface area (Å²) in [5.41, 5.74) is 11.4. The monoisotopic (exact) mass is 264 g/mol. The summed E-state index contributed by atoms with van der Waals surface area (Å²) < 4.78 is 0. The van der Waals surface area contributed by atoms with Gasteiger partial charge in [0.05, 0.1) is 5.54 Å². The molecule has 0 aromatic carbocycles. The molecule has 1 heterocycles. The first-order valence-electron chi connectivity index (χ1n) is 6.58. The fourth-order valence-electron chi connectivity index (χ4n) is 1.82. The van der Waals surface area contributed by atoms with Gasteiger partial charge in [-0.15, -0.1) is 0 Å². The fourth-order valence-corrected chi connectivity index (χ4v) is 1.82. The zero-order valence-corrected chi connectivity index (χ0v) is 11.8. The topological polar surface area (TPSA) is 85.2 Å². The third-order valence-corrected chi connectivity index (χ3v) is 3.33. The smallest absolute Gasteiger partial charge is 0.237 e. The van der Waals surface area contributed by atoms with Crippen LogP contribution < -0.4 is 11.5 Å². The Labute approximate surface area is 115 Å². The van der Waals surface area contributed by atoms with E-state index >= 15 is 0 Å². The molecule has 0 saturated carbocycles. The van der Waals surface area contributed by atoms with Crippen molar-refractivity contribution in [2.75, 3.05) is 20.1 Å². The van der Waals surface area contributed by atoms with Gasteiger partial charge in [0.2, 0.25) is 5.91 Å². The van der Waals surface area contributed by atoms with E-state index in [1.165, 1.54) is 5.56 Å². The van der Waals surface area contributed by atoms with Crippen LogP contribution in [0.4, 0.5) is 0 Å². The second-order valence-corrected chi connectivity index (χ2v) is 5.29. The summed E-state index contributed by atoms with van der Waals surface area (Å²) >= 11 is 0. The molecule has 0 radical (unpaired) electrons. The molecule has 0 bridgehead atoms. The minimum Gasteiger partial charge on any atom is -0.368 e. The van der Waals surface area contributed by atoms with E-state index in [-0.39, 0.29) is 0 Å². The van der Waals surface area contributed by atoms with Crippen molar-refractivity contribution >= 4 is 5.91 Å². The van der Waals surface area contributed by atoms with E-state index in [0.717, 1.165) is 25.9 Å². The van der Waals surface area contributed by atoms with Crippen molar-refractivity contribution in [3.05, 3.63) is 30.1 Å². The predicted octanol–water partition coefficient (Wildman–Crippen LogP) is 0.539. The molecule has 0 aliphatic heterocycles. The average molecular weight is 264 g/mol. The first-order chi connectivity index (χ1) is 8.92. The molecule has 1 atom stereocenters. The molecular formula is C14H24N4O. The highest BCUT2D eigenvalue weighted by atomic mass is 16.1. The van der Waals surface area contributed by atoms with E-state index in [2.05, 4.69) is 16.9 Å². The molecule has 5 nitrogen and oxygen atoms in total. The van der Waals surface area contributed by atoms with Gasteiger partial charge in [0.1, 0.15) is 0 Å². The quantitative estimate of drug-likeness (QED) is 0.717. The van der Waals surface area contributed by atoms with Crippen molar-refractivity contribution in [2.24, 2.45) is 11.5 Å². The Balaban J connectivity index is 2.22. The number of likely N-dealkylation sites (N-methyl/N-ethyl adjacent to an activating group) is 1. The number of carbonyl (C=O) groups excluding carboxylic acids is 1. The van der Waals surface area contributed by atoms with E-state index in [0.29, 0.717) is 6.42 Å². The maximum atomic E-state index is 11.1. The van der Waals surface area contributed by atoms with E-state index < -0.39 is 11.4 Å². The maximum Gasteiger partial charge on any atom is 0.237 e. The highest BCUT2D eigenvalue weighted by Crippen LogP contribution is 2.08. The summed E-state index contributed by atoms with van der Waals surface area (Å²) in [6, 6.07) is 4.05. The fraction of sp³-hybridized carbons (Fsp3) is 0.571. The van der Waals surface area contributed by atoms with E-state index in [4.69, 9.17) is 11.5 Å². The molecule has 1 aromatic rings. The molecule has 1 amide bonds. The maximum absolute atomic E-state index is 11.1. The Morgan fingerprint density at radius 1 is 1.37 bits per heavy atom. The van der Waals surface area contributed by atoms with Crippen LogP contribution in [-0.4, -0.2) is 41.5 Å². The lowest BCUT2D eigenvalue weighted by Crippen LogP contribution is -2.49. The van der Waals surface area contributed by atoms with Gasteiger partial charge < -0.3 is 16.4 Å². The minimum absolute atomic E-state index is 0.438. The molecule has 106 valence electrons. The van der Waals surface area contributed by atoms with Crippen molar-refractivity contribution in [3.63, 3.8) is 0 Å². The summed E-state index contributed by atoms with van der Waals surface area (Å²) in [7, 11) is 2.07. The standard InChI is InChI=1S/C14H24N4O/c1-14(16,13(15)19)7-3-10-18(2)11-6-12-4-8-17-9-5-12/h4-5,8-9H,3,6-7,10-11,16H2,1-2H3,(H2,15,19). The lowest BCUT2D eigenvalue weighted by atomic mass is 9.96. The normalized spacial score (nSPS) is 14.3. The Kier molecular flexibility index (Phi) is 5.92. The molecule has 0 spiro atoms. The van der Waals surface area contributed by atoms with Gasteiger partial charge >= 0.3 is 0 Å². The van der Waals surface area contributed by atoms with E-state index in [1.807, 2.05) is 24.5 Å². The Morgan fingerprint density at radius 2 is 2.00 bits per heavy atom. The number of rotatable bonds is 8. The van der Waals surface area contributed by atoms with Crippen LogP contribution in [0, 0.1) is 0 Å². The number of hydrogen-bond acceptors (Lipinski definition) is 4. The van der Waals surface area contributed by atoms with Crippen molar-refractivity contribution in [3.8, 4) is 0 Å². The van der Waals surface area contributed by atoms with Gasteiger partial charge in [-0.05, 0) is 57.5 Å². The number of hydrogen-bond donors (Lipinski definition) is 2. The third kappa shape index (κ3) is 5.81. The number of pyridine rings is 1. The number of nitrogens with zero attached hydrogens (tertiary/aromatic N) is 2. The minimum atomic E-state index is -0.897. The van der Waals surface area contributed by atoms with Crippen molar-refractivity contribution in [2.45, 2.75) is 31.7 Å². The van der Waals surface area contributed by atoms with Gasteiger partial charge in [-0.3, -0.25) is 9.78 Å². The first-order valence-corrected chi connectivity index (χ1v) is 6.58. The molecule has 4 N–H and O–H groups in total. The number of primary amides is 1. The highest BCUT2D eigenvalue weighted by Gasteiger charge is 2.24. The van der Waals surface area contributed by atoms with Crippen LogP contribution in [0.3, 0.4) is 0 Å². The van der Waals surface area contributed by atoms with Gasteiger partial charge in [0.25, 0.3) is 0 Å².